The molecule has 2 rings (SSSR count). The molecule has 21 heavy (non-hydrogen) atoms. The van der Waals surface area contributed by atoms with Gasteiger partial charge in [0.25, 0.3) is 0 Å². The van der Waals surface area contributed by atoms with E-state index in [4.69, 9.17) is 0 Å². The molecule has 2 N–H and O–H groups in total. The topological polar surface area (TPSA) is 61.4 Å². The van der Waals surface area contributed by atoms with Gasteiger partial charge in [-0.05, 0) is 38.8 Å². The van der Waals surface area contributed by atoms with Crippen LogP contribution in [0, 0.1) is 11.3 Å². The van der Waals surface area contributed by atoms with Crippen molar-refractivity contribution in [2.24, 2.45) is 11.3 Å². The average Bonchev–Trinajstić information content (AvgIpc) is 2.46. The molecular weight excluding hydrogens is 266 g/mol. The third-order valence-corrected chi connectivity index (χ3v) is 4.41. The molecule has 2 aliphatic rings. The third-order valence-electron chi connectivity index (χ3n) is 4.41. The lowest BCUT2D eigenvalue weighted by Crippen LogP contribution is -2.51. The number of amides is 2. The lowest BCUT2D eigenvalue weighted by atomic mass is 9.90. The van der Waals surface area contributed by atoms with Gasteiger partial charge in [0.15, 0.2) is 0 Å². The summed E-state index contributed by atoms with van der Waals surface area (Å²) in [6.07, 6.45) is 3.82. The summed E-state index contributed by atoms with van der Waals surface area (Å²) in [5.41, 5.74) is -0.368. The van der Waals surface area contributed by atoms with E-state index in [1.54, 1.807) is 0 Å². The fourth-order valence-electron chi connectivity index (χ4n) is 3.14. The van der Waals surface area contributed by atoms with Gasteiger partial charge in [0.2, 0.25) is 11.8 Å². The average molecular weight is 295 g/mol. The molecule has 0 aliphatic carbocycles. The minimum atomic E-state index is -0.368. The van der Waals surface area contributed by atoms with Gasteiger partial charge >= 0.3 is 0 Å². The molecule has 120 valence electrons. The van der Waals surface area contributed by atoms with E-state index in [9.17, 15) is 9.59 Å². The maximum absolute atomic E-state index is 12.4. The third kappa shape index (κ3) is 4.43. The molecule has 2 aliphatic heterocycles. The Balaban J connectivity index is 1.88. The molecule has 0 aromatic rings. The monoisotopic (exact) mass is 295 g/mol. The number of piperidine rings is 2. The maximum Gasteiger partial charge on any atom is 0.227 e. The molecule has 0 aromatic heterocycles. The van der Waals surface area contributed by atoms with E-state index in [-0.39, 0.29) is 23.1 Å². The van der Waals surface area contributed by atoms with Crippen LogP contribution in [0.4, 0.5) is 0 Å². The zero-order chi connectivity index (χ0) is 15.5. The highest BCUT2D eigenvalue weighted by molar-refractivity contribution is 5.84. The maximum atomic E-state index is 12.4. The summed E-state index contributed by atoms with van der Waals surface area (Å²) < 4.78 is 0. The van der Waals surface area contributed by atoms with Gasteiger partial charge in [0, 0.05) is 24.5 Å². The summed E-state index contributed by atoms with van der Waals surface area (Å²) >= 11 is 0. The fraction of sp³-hybridized carbons (Fsp3) is 0.875. The molecule has 1 unspecified atom stereocenters. The van der Waals surface area contributed by atoms with Crippen molar-refractivity contribution in [3.05, 3.63) is 0 Å². The zero-order valence-corrected chi connectivity index (χ0v) is 13.6. The largest absolute Gasteiger partial charge is 0.353 e. The van der Waals surface area contributed by atoms with Gasteiger partial charge in [-0.2, -0.15) is 0 Å². The Labute approximate surface area is 127 Å². The van der Waals surface area contributed by atoms with Gasteiger partial charge in [0.05, 0.1) is 5.92 Å². The van der Waals surface area contributed by atoms with E-state index >= 15 is 0 Å². The Morgan fingerprint density at radius 3 is 2.43 bits per heavy atom. The van der Waals surface area contributed by atoms with Crippen LogP contribution in [0.5, 0.6) is 0 Å². The van der Waals surface area contributed by atoms with Gasteiger partial charge in [-0.3, -0.25) is 9.59 Å². The highest BCUT2D eigenvalue weighted by Crippen LogP contribution is 2.23. The summed E-state index contributed by atoms with van der Waals surface area (Å²) in [6.45, 7) is 9.13. The zero-order valence-electron chi connectivity index (χ0n) is 13.6. The van der Waals surface area contributed by atoms with Crippen molar-refractivity contribution in [2.45, 2.75) is 52.5 Å². The van der Waals surface area contributed by atoms with Crippen molar-refractivity contribution in [1.82, 2.24) is 15.5 Å². The molecule has 5 heteroatoms. The van der Waals surface area contributed by atoms with Gasteiger partial charge < -0.3 is 15.5 Å². The molecule has 0 saturated carbocycles. The molecule has 0 bridgehead atoms. The number of nitrogens with zero attached hydrogens (tertiary/aromatic N) is 1. The first-order valence-electron chi connectivity index (χ1n) is 8.18. The highest BCUT2D eigenvalue weighted by Gasteiger charge is 2.33. The van der Waals surface area contributed by atoms with Crippen LogP contribution in [0.15, 0.2) is 0 Å². The van der Waals surface area contributed by atoms with E-state index in [2.05, 4.69) is 10.6 Å². The Kier molecular flexibility index (Phi) is 5.25. The number of nitrogens with one attached hydrogen (secondary N) is 2. The molecule has 0 aromatic carbocycles. The van der Waals surface area contributed by atoms with Crippen molar-refractivity contribution in [2.75, 3.05) is 26.2 Å². The Morgan fingerprint density at radius 1 is 1.14 bits per heavy atom. The molecule has 1 atom stereocenters. The summed E-state index contributed by atoms with van der Waals surface area (Å²) in [5, 5.41) is 6.47. The summed E-state index contributed by atoms with van der Waals surface area (Å²) in [6, 6.07) is 0.299. The predicted octanol–water partition coefficient (Wildman–Crippen LogP) is 1.14. The SMILES string of the molecule is CC(C)(C)C(=O)N1CCCC(C(=O)NC2CCNCC2)C1. The lowest BCUT2D eigenvalue weighted by Gasteiger charge is -2.36. The number of carbonyl (C=O) groups is 2. The molecule has 0 spiro atoms. The molecule has 2 heterocycles. The number of hydrogen-bond donors (Lipinski definition) is 2. The van der Waals surface area contributed by atoms with Crippen LogP contribution in [0.2, 0.25) is 0 Å². The van der Waals surface area contributed by atoms with Gasteiger partial charge in [-0.15, -0.1) is 0 Å². The standard InChI is InChI=1S/C16H29N3O2/c1-16(2,3)15(21)19-10-4-5-12(11-19)14(20)18-13-6-8-17-9-7-13/h12-13,17H,4-11H2,1-3H3,(H,18,20). The van der Waals surface area contributed by atoms with E-state index in [0.29, 0.717) is 12.6 Å². The van der Waals surface area contributed by atoms with Crippen LogP contribution in [0.25, 0.3) is 0 Å². The first-order chi connectivity index (χ1) is 9.88. The Hall–Kier alpha value is -1.10. The van der Waals surface area contributed by atoms with Crippen LogP contribution in [-0.2, 0) is 9.59 Å². The minimum Gasteiger partial charge on any atom is -0.353 e. The van der Waals surface area contributed by atoms with Crippen LogP contribution in [-0.4, -0.2) is 48.9 Å². The molecule has 0 radical (unpaired) electrons. The van der Waals surface area contributed by atoms with Gasteiger partial charge in [0.1, 0.15) is 0 Å². The van der Waals surface area contributed by atoms with E-state index in [1.165, 1.54) is 0 Å². The van der Waals surface area contributed by atoms with Crippen molar-refractivity contribution in [3.63, 3.8) is 0 Å². The summed E-state index contributed by atoms with van der Waals surface area (Å²) in [5.74, 6) is 0.245. The minimum absolute atomic E-state index is 0.0417. The normalized spacial score (nSPS) is 24.7. The van der Waals surface area contributed by atoms with E-state index < -0.39 is 0 Å². The van der Waals surface area contributed by atoms with Crippen molar-refractivity contribution < 1.29 is 9.59 Å². The van der Waals surface area contributed by atoms with E-state index in [0.717, 1.165) is 45.3 Å². The molecule has 2 amide bonds. The van der Waals surface area contributed by atoms with Crippen molar-refractivity contribution in [3.8, 4) is 0 Å². The second kappa shape index (κ2) is 6.77. The van der Waals surface area contributed by atoms with Gasteiger partial charge in [-0.25, -0.2) is 0 Å². The number of likely N-dealkylation sites (tertiary alicyclic amines) is 1. The first-order valence-corrected chi connectivity index (χ1v) is 8.18. The van der Waals surface area contributed by atoms with Gasteiger partial charge in [-0.1, -0.05) is 20.8 Å². The number of hydrogen-bond acceptors (Lipinski definition) is 3. The van der Waals surface area contributed by atoms with Crippen LogP contribution >= 0.6 is 0 Å². The lowest BCUT2D eigenvalue weighted by molar-refractivity contribution is -0.142. The summed E-state index contributed by atoms with van der Waals surface area (Å²) in [7, 11) is 0. The number of rotatable bonds is 2. The fourth-order valence-corrected chi connectivity index (χ4v) is 3.14. The summed E-state index contributed by atoms with van der Waals surface area (Å²) in [4.78, 5) is 26.6. The Bertz CT molecular complexity index is 383. The van der Waals surface area contributed by atoms with Crippen molar-refractivity contribution in [1.29, 1.82) is 0 Å². The second-order valence-corrected chi connectivity index (χ2v) is 7.37. The Morgan fingerprint density at radius 2 is 1.81 bits per heavy atom. The first kappa shape index (κ1) is 16.3. The van der Waals surface area contributed by atoms with E-state index in [1.807, 2.05) is 25.7 Å². The second-order valence-electron chi connectivity index (χ2n) is 7.37. The highest BCUT2D eigenvalue weighted by atomic mass is 16.2. The van der Waals surface area contributed by atoms with Crippen LogP contribution in [0.3, 0.4) is 0 Å². The predicted molar refractivity (Wildman–Crippen MR) is 82.8 cm³/mol. The molecule has 2 saturated heterocycles. The molecular formula is C16H29N3O2. The molecule has 2 fully saturated rings. The molecule has 5 nitrogen and oxygen atoms in total. The smallest absolute Gasteiger partial charge is 0.227 e. The quantitative estimate of drug-likeness (QED) is 0.803. The van der Waals surface area contributed by atoms with Crippen LogP contribution in [0.1, 0.15) is 46.5 Å². The van der Waals surface area contributed by atoms with Crippen molar-refractivity contribution >= 4 is 11.8 Å². The van der Waals surface area contributed by atoms with Crippen LogP contribution < -0.4 is 10.6 Å². The number of carbonyl (C=O) groups excluding carboxylic acids is 2.